The van der Waals surface area contributed by atoms with E-state index in [1.54, 1.807) is 0 Å². The molecule has 0 atom stereocenters. The molecular formula is C17H20FN5O. The van der Waals surface area contributed by atoms with Crippen LogP contribution in [0.4, 0.5) is 10.3 Å². The average molecular weight is 329 g/mol. The molecule has 2 aromatic heterocycles. The molecule has 7 heteroatoms. The zero-order valence-electron chi connectivity index (χ0n) is 13.7. The summed E-state index contributed by atoms with van der Waals surface area (Å²) < 4.78 is 13.2. The summed E-state index contributed by atoms with van der Waals surface area (Å²) in [4.78, 5) is 19.0. The fraction of sp³-hybridized carbons (Fsp3) is 0.353. The predicted molar refractivity (Wildman–Crippen MR) is 91.7 cm³/mol. The molecule has 0 fully saturated rings. The number of rotatable bonds is 6. The van der Waals surface area contributed by atoms with E-state index >= 15 is 0 Å². The molecule has 0 aliphatic rings. The minimum atomic E-state index is -0.247. The Morgan fingerprint density at radius 2 is 1.92 bits per heavy atom. The first-order valence-corrected chi connectivity index (χ1v) is 8.01. The maximum atomic E-state index is 13.2. The SMILES string of the molecule is CCC(CC)(CNc1nc2[nH]ncc2c(=O)[nH]1)c1ccc(F)cc1. The predicted octanol–water partition coefficient (Wildman–Crippen LogP) is 2.96. The first-order chi connectivity index (χ1) is 11.6. The molecule has 0 unspecified atom stereocenters. The van der Waals surface area contributed by atoms with E-state index in [-0.39, 0.29) is 16.8 Å². The summed E-state index contributed by atoms with van der Waals surface area (Å²) in [5.41, 5.74) is 1.10. The zero-order valence-corrected chi connectivity index (χ0v) is 13.7. The van der Waals surface area contributed by atoms with Gasteiger partial charge in [0.05, 0.1) is 6.20 Å². The van der Waals surface area contributed by atoms with Crippen LogP contribution in [0.25, 0.3) is 11.0 Å². The Labute approximate surface area is 138 Å². The third kappa shape index (κ3) is 2.89. The molecule has 0 radical (unpaired) electrons. The lowest BCUT2D eigenvalue weighted by Gasteiger charge is -2.32. The number of H-pyrrole nitrogens is 2. The molecule has 0 amide bonds. The van der Waals surface area contributed by atoms with Crippen molar-refractivity contribution in [2.75, 3.05) is 11.9 Å². The van der Waals surface area contributed by atoms with Gasteiger partial charge in [-0.25, -0.2) is 4.39 Å². The van der Waals surface area contributed by atoms with E-state index in [0.29, 0.717) is 23.5 Å². The molecule has 126 valence electrons. The lowest BCUT2D eigenvalue weighted by molar-refractivity contribution is 0.417. The van der Waals surface area contributed by atoms with Crippen molar-refractivity contribution in [3.63, 3.8) is 0 Å². The smallest absolute Gasteiger partial charge is 0.263 e. The van der Waals surface area contributed by atoms with Crippen molar-refractivity contribution in [3.8, 4) is 0 Å². The number of benzene rings is 1. The number of aromatic amines is 2. The third-order valence-electron chi connectivity index (χ3n) is 4.72. The van der Waals surface area contributed by atoms with Gasteiger partial charge in [-0.15, -0.1) is 0 Å². The Morgan fingerprint density at radius 3 is 2.58 bits per heavy atom. The third-order valence-corrected chi connectivity index (χ3v) is 4.72. The van der Waals surface area contributed by atoms with Gasteiger partial charge < -0.3 is 5.32 Å². The van der Waals surface area contributed by atoms with Crippen molar-refractivity contribution in [1.82, 2.24) is 20.2 Å². The molecule has 3 rings (SSSR count). The molecule has 0 spiro atoms. The van der Waals surface area contributed by atoms with Gasteiger partial charge in [0.25, 0.3) is 5.56 Å². The highest BCUT2D eigenvalue weighted by atomic mass is 19.1. The molecule has 0 saturated carbocycles. The number of hydrogen-bond donors (Lipinski definition) is 3. The second kappa shape index (κ2) is 6.43. The molecule has 0 aliphatic carbocycles. The number of fused-ring (bicyclic) bond motifs is 1. The maximum absolute atomic E-state index is 13.2. The molecule has 2 heterocycles. The van der Waals surface area contributed by atoms with E-state index in [9.17, 15) is 9.18 Å². The minimum Gasteiger partial charge on any atom is -0.355 e. The van der Waals surface area contributed by atoms with Crippen LogP contribution in [0.2, 0.25) is 0 Å². The highest BCUT2D eigenvalue weighted by molar-refractivity contribution is 5.73. The van der Waals surface area contributed by atoms with Gasteiger partial charge in [0.2, 0.25) is 5.95 Å². The highest BCUT2D eigenvalue weighted by Crippen LogP contribution is 2.32. The quantitative estimate of drug-likeness (QED) is 0.649. The van der Waals surface area contributed by atoms with Gasteiger partial charge in [0, 0.05) is 12.0 Å². The Hall–Kier alpha value is -2.70. The van der Waals surface area contributed by atoms with Crippen LogP contribution >= 0.6 is 0 Å². The van der Waals surface area contributed by atoms with Crippen molar-refractivity contribution >= 4 is 17.0 Å². The number of halogens is 1. The second-order valence-corrected chi connectivity index (χ2v) is 5.89. The van der Waals surface area contributed by atoms with Gasteiger partial charge in [-0.1, -0.05) is 26.0 Å². The van der Waals surface area contributed by atoms with Crippen LogP contribution in [-0.2, 0) is 5.41 Å². The van der Waals surface area contributed by atoms with Gasteiger partial charge in [0.1, 0.15) is 11.2 Å². The van der Waals surface area contributed by atoms with Gasteiger partial charge in [0.15, 0.2) is 5.65 Å². The lowest BCUT2D eigenvalue weighted by atomic mass is 9.76. The van der Waals surface area contributed by atoms with E-state index in [2.05, 4.69) is 39.3 Å². The van der Waals surface area contributed by atoms with Crippen molar-refractivity contribution in [2.24, 2.45) is 0 Å². The van der Waals surface area contributed by atoms with Crippen molar-refractivity contribution in [3.05, 3.63) is 52.2 Å². The van der Waals surface area contributed by atoms with E-state index in [4.69, 9.17) is 0 Å². The number of nitrogens with zero attached hydrogens (tertiary/aromatic N) is 2. The zero-order chi connectivity index (χ0) is 17.2. The van der Waals surface area contributed by atoms with Gasteiger partial charge >= 0.3 is 0 Å². The van der Waals surface area contributed by atoms with Crippen molar-refractivity contribution < 1.29 is 4.39 Å². The van der Waals surface area contributed by atoms with Crippen LogP contribution in [0.1, 0.15) is 32.3 Å². The average Bonchev–Trinajstić information content (AvgIpc) is 3.07. The van der Waals surface area contributed by atoms with Crippen molar-refractivity contribution in [1.29, 1.82) is 0 Å². The molecule has 3 aromatic rings. The summed E-state index contributed by atoms with van der Waals surface area (Å²) in [7, 11) is 0. The fourth-order valence-corrected chi connectivity index (χ4v) is 3.00. The van der Waals surface area contributed by atoms with Crippen LogP contribution in [0, 0.1) is 5.82 Å². The molecule has 3 N–H and O–H groups in total. The van der Waals surface area contributed by atoms with E-state index in [0.717, 1.165) is 18.4 Å². The van der Waals surface area contributed by atoms with Gasteiger partial charge in [-0.3, -0.25) is 14.9 Å². The largest absolute Gasteiger partial charge is 0.355 e. The number of aromatic nitrogens is 4. The van der Waals surface area contributed by atoms with E-state index in [1.807, 2.05) is 12.1 Å². The second-order valence-electron chi connectivity index (χ2n) is 5.89. The molecule has 1 aromatic carbocycles. The summed E-state index contributed by atoms with van der Waals surface area (Å²) in [5, 5.41) is 10.2. The summed E-state index contributed by atoms with van der Waals surface area (Å²) in [6, 6.07) is 6.59. The Kier molecular flexibility index (Phi) is 4.33. The van der Waals surface area contributed by atoms with E-state index in [1.165, 1.54) is 18.3 Å². The molecule has 0 saturated heterocycles. The number of anilines is 1. The van der Waals surface area contributed by atoms with Crippen LogP contribution in [0.3, 0.4) is 0 Å². The van der Waals surface area contributed by atoms with Gasteiger partial charge in [-0.05, 0) is 30.5 Å². The first-order valence-electron chi connectivity index (χ1n) is 8.01. The minimum absolute atomic E-state index is 0.171. The first kappa shape index (κ1) is 16.2. The highest BCUT2D eigenvalue weighted by Gasteiger charge is 2.28. The van der Waals surface area contributed by atoms with Crippen LogP contribution in [-0.4, -0.2) is 26.7 Å². The molecule has 6 nitrogen and oxygen atoms in total. The van der Waals surface area contributed by atoms with Crippen molar-refractivity contribution in [2.45, 2.75) is 32.1 Å². The van der Waals surface area contributed by atoms with Crippen LogP contribution in [0.5, 0.6) is 0 Å². The standard InChI is InChI=1S/C17H20FN5O/c1-3-17(4-2,11-5-7-12(18)8-6-11)10-19-16-21-14-13(9-20-23-14)15(24)22-16/h5-9H,3-4,10H2,1-2H3,(H3,19,20,21,22,23,24). The molecule has 24 heavy (non-hydrogen) atoms. The number of nitrogens with one attached hydrogen (secondary N) is 3. The van der Waals surface area contributed by atoms with Crippen LogP contribution < -0.4 is 10.9 Å². The summed E-state index contributed by atoms with van der Waals surface area (Å²) in [5.74, 6) is 0.147. The topological polar surface area (TPSA) is 86.5 Å². The van der Waals surface area contributed by atoms with Crippen LogP contribution in [0.15, 0.2) is 35.3 Å². The molecular weight excluding hydrogens is 309 g/mol. The van der Waals surface area contributed by atoms with Gasteiger partial charge in [-0.2, -0.15) is 10.1 Å². The lowest BCUT2D eigenvalue weighted by Crippen LogP contribution is -2.34. The van der Waals surface area contributed by atoms with E-state index < -0.39 is 0 Å². The maximum Gasteiger partial charge on any atom is 0.263 e. The number of hydrogen-bond acceptors (Lipinski definition) is 4. The fourth-order valence-electron chi connectivity index (χ4n) is 3.00. The molecule has 0 bridgehead atoms. The Morgan fingerprint density at radius 1 is 1.21 bits per heavy atom. The monoisotopic (exact) mass is 329 g/mol. The Balaban J connectivity index is 1.87. The summed E-state index contributed by atoms with van der Waals surface area (Å²) in [6.45, 7) is 4.78. The summed E-state index contributed by atoms with van der Waals surface area (Å²) >= 11 is 0. The summed E-state index contributed by atoms with van der Waals surface area (Å²) in [6.07, 6.45) is 3.20. The normalized spacial score (nSPS) is 11.8. The Bertz CT molecular complexity index is 880. The molecule has 0 aliphatic heterocycles.